The van der Waals surface area contributed by atoms with E-state index in [-0.39, 0.29) is 5.41 Å². The molecule has 0 saturated heterocycles. The minimum Gasteiger partial charge on any atom is -0.480 e. The van der Waals surface area contributed by atoms with Gasteiger partial charge in [0.2, 0.25) is 0 Å². The molecule has 0 spiro atoms. The van der Waals surface area contributed by atoms with Gasteiger partial charge in [0.15, 0.2) is 5.65 Å². The van der Waals surface area contributed by atoms with Crippen molar-refractivity contribution in [2.75, 3.05) is 0 Å². The van der Waals surface area contributed by atoms with Gasteiger partial charge in [-0.3, -0.25) is 4.57 Å². The van der Waals surface area contributed by atoms with E-state index in [1.54, 1.807) is 10.6 Å². The third-order valence-electron chi connectivity index (χ3n) is 3.15. The summed E-state index contributed by atoms with van der Waals surface area (Å²) >= 11 is 5.94. The molecule has 0 aliphatic heterocycles. The van der Waals surface area contributed by atoms with Gasteiger partial charge in [0.1, 0.15) is 17.4 Å². The van der Waals surface area contributed by atoms with Crippen LogP contribution in [0.5, 0.6) is 0 Å². The van der Waals surface area contributed by atoms with E-state index in [1.807, 2.05) is 27.7 Å². The van der Waals surface area contributed by atoms with Crippen molar-refractivity contribution in [3.8, 4) is 0 Å². The second kappa shape index (κ2) is 5.05. The minimum atomic E-state index is -0.881. The second-order valence-corrected chi connectivity index (χ2v) is 6.25. The van der Waals surface area contributed by atoms with E-state index in [1.165, 1.54) is 6.20 Å². The van der Waals surface area contributed by atoms with Crippen molar-refractivity contribution in [3.05, 3.63) is 23.1 Å². The summed E-state index contributed by atoms with van der Waals surface area (Å²) in [5.41, 5.74) is 0.909. The van der Waals surface area contributed by atoms with Crippen molar-refractivity contribution in [3.63, 3.8) is 0 Å². The van der Waals surface area contributed by atoms with E-state index in [0.717, 1.165) is 0 Å². The van der Waals surface area contributed by atoms with Crippen LogP contribution in [0.4, 0.5) is 0 Å². The van der Waals surface area contributed by atoms with Crippen LogP contribution >= 0.6 is 11.6 Å². The Morgan fingerprint density at radius 3 is 2.65 bits per heavy atom. The fraction of sp³-hybridized carbons (Fsp3) is 0.500. The van der Waals surface area contributed by atoms with Crippen molar-refractivity contribution in [1.29, 1.82) is 0 Å². The number of imidazole rings is 1. The number of fused-ring (bicyclic) bond motifs is 1. The predicted octanol–water partition coefficient (Wildman–Crippen LogP) is 3.42. The number of nitrogens with zero attached hydrogens (tertiary/aromatic N) is 3. The van der Waals surface area contributed by atoms with Gasteiger partial charge >= 0.3 is 5.97 Å². The topological polar surface area (TPSA) is 68.0 Å². The Balaban J connectivity index is 2.80. The molecule has 1 N–H and O–H groups in total. The smallest absolute Gasteiger partial charge is 0.326 e. The normalized spacial score (nSPS) is 13.7. The van der Waals surface area contributed by atoms with Crippen LogP contribution in [-0.2, 0) is 10.2 Å². The van der Waals surface area contributed by atoms with Crippen molar-refractivity contribution in [2.45, 2.75) is 45.6 Å². The van der Waals surface area contributed by atoms with Gasteiger partial charge in [-0.25, -0.2) is 14.8 Å². The van der Waals surface area contributed by atoms with Crippen molar-refractivity contribution < 1.29 is 9.90 Å². The Morgan fingerprint density at radius 2 is 2.15 bits per heavy atom. The minimum absolute atomic E-state index is 0.282. The number of carboxylic acids is 1. The molecule has 0 aliphatic rings. The molecule has 0 saturated carbocycles. The molecule has 108 valence electrons. The first-order valence-corrected chi connectivity index (χ1v) is 6.90. The van der Waals surface area contributed by atoms with Gasteiger partial charge in [0.25, 0.3) is 0 Å². The SMILES string of the molecule is CCC(C(=O)O)n1c(C(C)(C)C)nc2cc(Cl)cnc21. The maximum absolute atomic E-state index is 11.5. The van der Waals surface area contributed by atoms with Crippen LogP contribution in [0.25, 0.3) is 11.2 Å². The van der Waals surface area contributed by atoms with Crippen LogP contribution in [-0.4, -0.2) is 25.6 Å². The molecule has 0 aliphatic carbocycles. The molecule has 1 unspecified atom stereocenters. The van der Waals surface area contributed by atoms with Gasteiger partial charge in [0.05, 0.1) is 5.02 Å². The summed E-state index contributed by atoms with van der Waals surface area (Å²) in [6.07, 6.45) is 1.98. The second-order valence-electron chi connectivity index (χ2n) is 5.81. The first-order valence-electron chi connectivity index (χ1n) is 6.52. The van der Waals surface area contributed by atoms with Gasteiger partial charge in [-0.2, -0.15) is 0 Å². The number of carbonyl (C=O) groups is 1. The van der Waals surface area contributed by atoms with Crippen molar-refractivity contribution >= 4 is 28.7 Å². The van der Waals surface area contributed by atoms with Gasteiger partial charge in [-0.05, 0) is 12.5 Å². The fourth-order valence-corrected chi connectivity index (χ4v) is 2.40. The molecule has 0 bridgehead atoms. The number of halogens is 1. The molecule has 0 radical (unpaired) electrons. The molecule has 2 heterocycles. The van der Waals surface area contributed by atoms with Gasteiger partial charge in [-0.15, -0.1) is 0 Å². The highest BCUT2D eigenvalue weighted by Crippen LogP contribution is 2.30. The van der Waals surface area contributed by atoms with E-state index in [2.05, 4.69) is 9.97 Å². The molecule has 0 fully saturated rings. The molecule has 0 amide bonds. The molecule has 20 heavy (non-hydrogen) atoms. The third kappa shape index (κ3) is 2.50. The zero-order valence-electron chi connectivity index (χ0n) is 12.0. The zero-order chi connectivity index (χ0) is 15.1. The summed E-state index contributed by atoms with van der Waals surface area (Å²) in [6.45, 7) is 7.84. The van der Waals surface area contributed by atoms with E-state index in [9.17, 15) is 9.90 Å². The van der Waals surface area contributed by atoms with Crippen LogP contribution in [0.15, 0.2) is 12.3 Å². The molecule has 2 rings (SSSR count). The molecule has 6 heteroatoms. The van der Waals surface area contributed by atoms with Crippen molar-refractivity contribution in [1.82, 2.24) is 14.5 Å². The third-order valence-corrected chi connectivity index (χ3v) is 3.36. The van der Waals surface area contributed by atoms with Crippen LogP contribution < -0.4 is 0 Å². The Bertz CT molecular complexity index is 658. The highest BCUT2D eigenvalue weighted by atomic mass is 35.5. The number of pyridine rings is 1. The first kappa shape index (κ1) is 14.8. The van der Waals surface area contributed by atoms with Crippen LogP contribution in [0.2, 0.25) is 5.02 Å². The predicted molar refractivity (Wildman–Crippen MR) is 78.2 cm³/mol. The highest BCUT2D eigenvalue weighted by molar-refractivity contribution is 6.31. The lowest BCUT2D eigenvalue weighted by atomic mass is 9.95. The van der Waals surface area contributed by atoms with E-state index in [0.29, 0.717) is 28.4 Å². The van der Waals surface area contributed by atoms with Crippen LogP contribution in [0.3, 0.4) is 0 Å². The average molecular weight is 296 g/mol. The van der Waals surface area contributed by atoms with Gasteiger partial charge < -0.3 is 5.11 Å². The van der Waals surface area contributed by atoms with E-state index in [4.69, 9.17) is 11.6 Å². The Morgan fingerprint density at radius 1 is 1.50 bits per heavy atom. The lowest BCUT2D eigenvalue weighted by molar-refractivity contribution is -0.141. The van der Waals surface area contributed by atoms with E-state index < -0.39 is 12.0 Å². The maximum Gasteiger partial charge on any atom is 0.326 e. The Kier molecular flexibility index (Phi) is 3.73. The van der Waals surface area contributed by atoms with Gasteiger partial charge in [0, 0.05) is 11.6 Å². The first-order chi connectivity index (χ1) is 9.25. The molecule has 2 aromatic rings. The molecule has 1 atom stereocenters. The average Bonchev–Trinajstić information content (AvgIpc) is 2.68. The number of carboxylic acid groups (broad SMARTS) is 1. The number of aromatic nitrogens is 3. The molecular weight excluding hydrogens is 278 g/mol. The Labute approximate surface area is 122 Å². The number of rotatable bonds is 3. The lowest BCUT2D eigenvalue weighted by Crippen LogP contribution is -2.26. The summed E-state index contributed by atoms with van der Waals surface area (Å²) in [4.78, 5) is 20.3. The summed E-state index contributed by atoms with van der Waals surface area (Å²) in [7, 11) is 0. The monoisotopic (exact) mass is 295 g/mol. The molecule has 0 aromatic carbocycles. The molecule has 5 nitrogen and oxygen atoms in total. The van der Waals surface area contributed by atoms with Crippen molar-refractivity contribution in [2.24, 2.45) is 0 Å². The van der Waals surface area contributed by atoms with Gasteiger partial charge in [-0.1, -0.05) is 39.3 Å². The fourth-order valence-electron chi connectivity index (χ4n) is 2.25. The lowest BCUT2D eigenvalue weighted by Gasteiger charge is -2.23. The standard InChI is InChI=1S/C14H18ClN3O2/c1-5-10(12(19)20)18-11-9(6-8(15)7-16-11)17-13(18)14(2,3)4/h6-7,10H,5H2,1-4H3,(H,19,20). The van der Waals surface area contributed by atoms with Crippen LogP contribution in [0, 0.1) is 0 Å². The molecule has 2 aromatic heterocycles. The number of hydrogen-bond acceptors (Lipinski definition) is 3. The summed E-state index contributed by atoms with van der Waals surface area (Å²) < 4.78 is 1.72. The highest BCUT2D eigenvalue weighted by Gasteiger charge is 2.30. The molecular formula is C14H18ClN3O2. The van der Waals surface area contributed by atoms with E-state index >= 15 is 0 Å². The number of hydrogen-bond donors (Lipinski definition) is 1. The number of aliphatic carboxylic acids is 1. The summed E-state index contributed by atoms with van der Waals surface area (Å²) in [5.74, 6) is -0.175. The quantitative estimate of drug-likeness (QED) is 0.942. The summed E-state index contributed by atoms with van der Waals surface area (Å²) in [6, 6.07) is 1.03. The Hall–Kier alpha value is -1.62. The summed E-state index contributed by atoms with van der Waals surface area (Å²) in [5, 5.41) is 9.94. The largest absolute Gasteiger partial charge is 0.480 e. The maximum atomic E-state index is 11.5. The van der Waals surface area contributed by atoms with Crippen LogP contribution in [0.1, 0.15) is 46.0 Å². The zero-order valence-corrected chi connectivity index (χ0v) is 12.8.